The number of piperidine rings is 2. The summed E-state index contributed by atoms with van der Waals surface area (Å²) in [7, 11) is 0. The fraction of sp³-hybridized carbons (Fsp3) is 0.562. The smallest absolute Gasteiger partial charge is 0.230 e. The number of carbonyl (C=O) groups excluding carboxylic acids is 1. The lowest BCUT2D eigenvalue weighted by atomic mass is 9.73. The lowest BCUT2D eigenvalue weighted by Crippen LogP contribution is -2.54. The topological polar surface area (TPSA) is 32.3 Å². The molecule has 0 bridgehead atoms. The average Bonchev–Trinajstić information content (AvgIpc) is 2.46. The highest BCUT2D eigenvalue weighted by Gasteiger charge is 2.44. The van der Waals surface area contributed by atoms with Crippen LogP contribution in [0.5, 0.6) is 0 Å². The summed E-state index contributed by atoms with van der Waals surface area (Å²) in [5.41, 5.74) is 1.13. The number of hydrogen-bond donors (Lipinski definition) is 1. The first kappa shape index (κ1) is 15.3. The summed E-state index contributed by atoms with van der Waals surface area (Å²) >= 11 is 0. The number of nitrogens with one attached hydrogen (secondary N) is 1. The van der Waals surface area contributed by atoms with E-state index < -0.39 is 0 Å². The van der Waals surface area contributed by atoms with Crippen LogP contribution < -0.4 is 5.32 Å². The van der Waals surface area contributed by atoms with Crippen LogP contribution in [0.25, 0.3) is 0 Å². The molecule has 1 spiro atoms. The van der Waals surface area contributed by atoms with Crippen LogP contribution in [0.15, 0.2) is 30.3 Å². The Labute approximate surface area is 127 Å². The molecule has 1 aromatic carbocycles. The summed E-state index contributed by atoms with van der Waals surface area (Å²) in [6, 6.07) is 10.3. The summed E-state index contributed by atoms with van der Waals surface area (Å²) < 4.78 is 0. The molecular weight excluding hydrogens is 272 g/mol. The number of rotatable bonds is 2. The van der Waals surface area contributed by atoms with Crippen molar-refractivity contribution in [1.82, 2.24) is 10.2 Å². The molecule has 1 unspecified atom stereocenters. The number of carbonyl (C=O) groups is 1. The number of benzene rings is 1. The van der Waals surface area contributed by atoms with Crippen LogP contribution in [0.1, 0.15) is 31.2 Å². The predicted molar refractivity (Wildman–Crippen MR) is 82.9 cm³/mol. The lowest BCUT2D eigenvalue weighted by molar-refractivity contribution is -0.148. The monoisotopic (exact) mass is 294 g/mol. The maximum Gasteiger partial charge on any atom is 0.230 e. The second-order valence-corrected chi connectivity index (χ2v) is 5.88. The summed E-state index contributed by atoms with van der Waals surface area (Å²) in [5.74, 6) is 0.370. The third-order valence-corrected chi connectivity index (χ3v) is 4.51. The summed E-state index contributed by atoms with van der Waals surface area (Å²) in [4.78, 5) is 14.9. The molecule has 2 aliphatic rings. The van der Waals surface area contributed by atoms with Crippen molar-refractivity contribution in [2.24, 2.45) is 5.41 Å². The van der Waals surface area contributed by atoms with Crippen LogP contribution in [0.4, 0.5) is 0 Å². The summed E-state index contributed by atoms with van der Waals surface area (Å²) in [6.07, 6.45) is 4.39. The molecule has 20 heavy (non-hydrogen) atoms. The molecule has 0 aromatic heterocycles. The van der Waals surface area contributed by atoms with Crippen molar-refractivity contribution >= 4 is 18.3 Å². The largest absolute Gasteiger partial charge is 0.338 e. The zero-order valence-electron chi connectivity index (χ0n) is 11.8. The van der Waals surface area contributed by atoms with Gasteiger partial charge in [0.1, 0.15) is 0 Å². The van der Waals surface area contributed by atoms with Crippen molar-refractivity contribution in [3.63, 3.8) is 0 Å². The van der Waals surface area contributed by atoms with Gasteiger partial charge in [-0.2, -0.15) is 0 Å². The molecule has 2 saturated heterocycles. The lowest BCUT2D eigenvalue weighted by Gasteiger charge is -2.44. The Morgan fingerprint density at radius 1 is 1.15 bits per heavy atom. The average molecular weight is 295 g/mol. The van der Waals surface area contributed by atoms with Gasteiger partial charge >= 0.3 is 0 Å². The van der Waals surface area contributed by atoms with Crippen LogP contribution in [0, 0.1) is 5.41 Å². The first-order valence-corrected chi connectivity index (χ1v) is 7.34. The summed E-state index contributed by atoms with van der Waals surface area (Å²) in [6.45, 7) is 3.61. The van der Waals surface area contributed by atoms with Crippen LogP contribution in [0.2, 0.25) is 0 Å². The number of amides is 1. The zero-order valence-corrected chi connectivity index (χ0v) is 12.6. The highest BCUT2D eigenvalue weighted by Crippen LogP contribution is 2.37. The van der Waals surface area contributed by atoms with Crippen LogP contribution in [-0.4, -0.2) is 30.4 Å². The highest BCUT2D eigenvalue weighted by atomic mass is 35.5. The van der Waals surface area contributed by atoms with Gasteiger partial charge in [-0.1, -0.05) is 30.3 Å². The fourth-order valence-electron chi connectivity index (χ4n) is 3.47. The van der Waals surface area contributed by atoms with Crippen LogP contribution in [-0.2, 0) is 11.3 Å². The maximum atomic E-state index is 12.8. The number of likely N-dealkylation sites (tertiary alicyclic amines) is 1. The van der Waals surface area contributed by atoms with E-state index in [1.807, 2.05) is 18.2 Å². The van der Waals surface area contributed by atoms with Crippen molar-refractivity contribution < 1.29 is 4.79 Å². The molecule has 0 aliphatic carbocycles. The second kappa shape index (κ2) is 6.59. The molecule has 4 heteroatoms. The first-order chi connectivity index (χ1) is 9.30. The number of hydrogen-bond acceptors (Lipinski definition) is 2. The van der Waals surface area contributed by atoms with Gasteiger partial charge in [0.2, 0.25) is 5.91 Å². The maximum absolute atomic E-state index is 12.8. The van der Waals surface area contributed by atoms with E-state index in [2.05, 4.69) is 22.3 Å². The molecule has 110 valence electrons. The van der Waals surface area contributed by atoms with Crippen molar-refractivity contribution in [3.05, 3.63) is 35.9 Å². The molecule has 1 atom stereocenters. The van der Waals surface area contributed by atoms with Gasteiger partial charge < -0.3 is 10.2 Å². The van der Waals surface area contributed by atoms with Crippen LogP contribution >= 0.6 is 12.4 Å². The predicted octanol–water partition coefficient (Wildman–Crippen LogP) is 2.60. The molecule has 0 saturated carbocycles. The minimum Gasteiger partial charge on any atom is -0.338 e. The van der Waals surface area contributed by atoms with E-state index in [1.165, 1.54) is 5.56 Å². The van der Waals surface area contributed by atoms with Crippen LogP contribution in [0.3, 0.4) is 0 Å². The van der Waals surface area contributed by atoms with Crippen molar-refractivity contribution in [3.8, 4) is 0 Å². The van der Waals surface area contributed by atoms with Crippen molar-refractivity contribution in [1.29, 1.82) is 0 Å². The van der Waals surface area contributed by atoms with E-state index in [-0.39, 0.29) is 17.8 Å². The zero-order chi connectivity index (χ0) is 13.1. The van der Waals surface area contributed by atoms with Gasteiger partial charge in [0, 0.05) is 19.6 Å². The number of nitrogens with zero attached hydrogens (tertiary/aromatic N) is 1. The second-order valence-electron chi connectivity index (χ2n) is 5.88. The minimum absolute atomic E-state index is 0. The molecule has 2 heterocycles. The van der Waals surface area contributed by atoms with Gasteiger partial charge in [0.15, 0.2) is 0 Å². The Morgan fingerprint density at radius 2 is 1.90 bits per heavy atom. The molecule has 1 aromatic rings. The standard InChI is InChI=1S/C16H22N2O.ClH/c19-15-16(8-4-10-17-13-16)9-5-11-18(15)12-14-6-2-1-3-7-14;/h1-3,6-7,17H,4-5,8-13H2;1H. The minimum atomic E-state index is -0.106. The van der Waals surface area contributed by atoms with Gasteiger partial charge in [0.25, 0.3) is 0 Å². The third-order valence-electron chi connectivity index (χ3n) is 4.51. The van der Waals surface area contributed by atoms with Gasteiger partial charge in [0.05, 0.1) is 5.41 Å². The molecule has 3 nitrogen and oxygen atoms in total. The SMILES string of the molecule is Cl.O=C1N(Cc2ccccc2)CCCC12CCCNC2. The normalized spacial score (nSPS) is 26.4. The quantitative estimate of drug-likeness (QED) is 0.909. The Hall–Kier alpha value is -1.06. The first-order valence-electron chi connectivity index (χ1n) is 7.34. The van der Waals surface area contributed by atoms with Gasteiger partial charge in [-0.3, -0.25) is 4.79 Å². The van der Waals surface area contributed by atoms with Gasteiger partial charge in [-0.15, -0.1) is 12.4 Å². The molecule has 0 radical (unpaired) electrons. The van der Waals surface area contributed by atoms with E-state index in [1.54, 1.807) is 0 Å². The molecular formula is C16H23ClN2O. The third kappa shape index (κ3) is 2.99. The summed E-state index contributed by atoms with van der Waals surface area (Å²) in [5, 5.41) is 3.41. The molecule has 2 aliphatic heterocycles. The van der Waals surface area contributed by atoms with Crippen molar-refractivity contribution in [2.45, 2.75) is 32.2 Å². The number of halogens is 1. The Kier molecular flexibility index (Phi) is 5.06. The Morgan fingerprint density at radius 3 is 2.60 bits per heavy atom. The van der Waals surface area contributed by atoms with E-state index in [9.17, 15) is 4.79 Å². The molecule has 1 amide bonds. The van der Waals surface area contributed by atoms with E-state index in [0.717, 1.165) is 51.9 Å². The highest BCUT2D eigenvalue weighted by molar-refractivity contribution is 5.85. The molecule has 3 rings (SSSR count). The van der Waals surface area contributed by atoms with E-state index >= 15 is 0 Å². The molecule has 1 N–H and O–H groups in total. The Balaban J connectivity index is 0.00000147. The van der Waals surface area contributed by atoms with E-state index in [0.29, 0.717) is 5.91 Å². The van der Waals surface area contributed by atoms with Crippen molar-refractivity contribution in [2.75, 3.05) is 19.6 Å². The van der Waals surface area contributed by atoms with Gasteiger partial charge in [-0.25, -0.2) is 0 Å². The van der Waals surface area contributed by atoms with Gasteiger partial charge in [-0.05, 0) is 37.8 Å². The van der Waals surface area contributed by atoms with E-state index in [4.69, 9.17) is 0 Å². The molecule has 2 fully saturated rings. The Bertz CT molecular complexity index is 438. The fourth-order valence-corrected chi connectivity index (χ4v) is 3.47.